The van der Waals surface area contributed by atoms with Gasteiger partial charge in [-0.25, -0.2) is 0 Å². The average Bonchev–Trinajstić information content (AvgIpc) is 3.10. The largest absolute Gasteiger partial charge is 0.484 e. The van der Waals surface area contributed by atoms with Gasteiger partial charge in [-0.15, -0.1) is 0 Å². The van der Waals surface area contributed by atoms with Crippen molar-refractivity contribution in [3.63, 3.8) is 0 Å². The van der Waals surface area contributed by atoms with E-state index in [0.29, 0.717) is 37.4 Å². The summed E-state index contributed by atoms with van der Waals surface area (Å²) in [7, 11) is 0. The molecule has 3 saturated carbocycles. The Balaban J connectivity index is 1.13. The van der Waals surface area contributed by atoms with Gasteiger partial charge in [-0.2, -0.15) is 13.2 Å². The van der Waals surface area contributed by atoms with Gasteiger partial charge >= 0.3 is 6.18 Å². The number of carbonyl (C=O) groups excluding carboxylic acids is 1. The Hall–Kier alpha value is -2.20. The second-order valence-electron chi connectivity index (χ2n) is 9.22. The predicted molar refractivity (Wildman–Crippen MR) is 121 cm³/mol. The van der Waals surface area contributed by atoms with Crippen LogP contribution in [0, 0.1) is 0 Å². The second kappa shape index (κ2) is 8.19. The molecule has 6 rings (SSSR count). The number of halogens is 5. The molecule has 3 aliphatic carbocycles. The molecule has 1 aliphatic heterocycles. The summed E-state index contributed by atoms with van der Waals surface area (Å²) in [5.74, 6) is -0.481. The van der Waals surface area contributed by atoms with E-state index in [1.165, 1.54) is 6.07 Å². The summed E-state index contributed by atoms with van der Waals surface area (Å²) in [6.07, 6.45) is -3.25. The van der Waals surface area contributed by atoms with Crippen LogP contribution in [-0.4, -0.2) is 53.0 Å². The molecular weight excluding hydrogens is 494 g/mol. The summed E-state index contributed by atoms with van der Waals surface area (Å²) < 4.78 is 44.2. The lowest BCUT2D eigenvalue weighted by Crippen LogP contribution is -2.84. The molecule has 1 amide bonds. The first-order valence-corrected chi connectivity index (χ1v) is 11.5. The molecule has 11 heteroatoms. The molecular formula is C23H22Cl2F3N3O3. The Morgan fingerprint density at radius 2 is 1.79 bits per heavy atom. The number of ether oxygens (including phenoxy) is 1. The Labute approximate surface area is 204 Å². The molecule has 0 spiro atoms. The molecule has 1 heterocycles. The van der Waals surface area contributed by atoms with Crippen molar-refractivity contribution < 1.29 is 27.8 Å². The topological polar surface area (TPSA) is 65.0 Å². The van der Waals surface area contributed by atoms with Crippen LogP contribution in [-0.2, 0) is 11.0 Å². The number of alkyl halides is 3. The van der Waals surface area contributed by atoms with Gasteiger partial charge in [0.1, 0.15) is 5.75 Å². The lowest BCUT2D eigenvalue weighted by atomic mass is 9.43. The molecule has 2 aromatic rings. The summed E-state index contributed by atoms with van der Waals surface area (Å²) >= 11 is 11.6. The molecule has 2 N–H and O–H groups in total. The zero-order valence-corrected chi connectivity index (χ0v) is 19.4. The molecule has 1 atom stereocenters. The zero-order valence-electron chi connectivity index (χ0n) is 17.9. The molecule has 182 valence electrons. The molecule has 1 unspecified atom stereocenters. The van der Waals surface area contributed by atoms with E-state index < -0.39 is 35.6 Å². The van der Waals surface area contributed by atoms with Gasteiger partial charge in [0.25, 0.3) is 5.91 Å². The molecule has 0 radical (unpaired) electrons. The van der Waals surface area contributed by atoms with Crippen molar-refractivity contribution in [3.05, 3.63) is 58.1 Å². The number of hydrogen-bond donors (Lipinski definition) is 2. The lowest BCUT2D eigenvalue weighted by molar-refractivity contribution is -0.210. The molecule has 1 saturated heterocycles. The fourth-order valence-electron chi connectivity index (χ4n) is 5.46. The maximum absolute atomic E-state index is 13.0. The first-order chi connectivity index (χ1) is 16.0. The quantitative estimate of drug-likeness (QED) is 0.601. The normalized spacial score (nSPS) is 28.3. The number of benzene rings is 2. The van der Waals surface area contributed by atoms with Gasteiger partial charge in [0.05, 0.1) is 10.6 Å². The van der Waals surface area contributed by atoms with Crippen molar-refractivity contribution in [2.24, 2.45) is 0 Å². The Kier molecular flexibility index (Phi) is 5.67. The van der Waals surface area contributed by atoms with Crippen LogP contribution in [0.4, 0.5) is 18.9 Å². The minimum atomic E-state index is -4.61. The Morgan fingerprint density at radius 3 is 2.44 bits per heavy atom. The Morgan fingerprint density at radius 1 is 1.12 bits per heavy atom. The van der Waals surface area contributed by atoms with Crippen molar-refractivity contribution in [3.8, 4) is 5.75 Å². The number of carbonyl (C=O) groups is 1. The highest BCUT2D eigenvalue weighted by atomic mass is 35.5. The number of amides is 1. The van der Waals surface area contributed by atoms with E-state index in [0.717, 1.165) is 17.8 Å². The van der Waals surface area contributed by atoms with Gasteiger partial charge in [0, 0.05) is 34.9 Å². The van der Waals surface area contributed by atoms with Crippen LogP contribution in [0.3, 0.4) is 0 Å². The van der Waals surface area contributed by atoms with E-state index in [2.05, 4.69) is 10.2 Å². The second-order valence-corrected chi connectivity index (χ2v) is 10.1. The fraction of sp³-hybridized carbons (Fsp3) is 0.435. The van der Waals surface area contributed by atoms with Crippen molar-refractivity contribution in [1.82, 2.24) is 10.2 Å². The molecule has 4 aliphatic rings. The van der Waals surface area contributed by atoms with Gasteiger partial charge in [-0.1, -0.05) is 23.2 Å². The molecule has 6 nitrogen and oxygen atoms in total. The van der Waals surface area contributed by atoms with Crippen molar-refractivity contribution in [2.75, 3.05) is 24.6 Å². The summed E-state index contributed by atoms with van der Waals surface area (Å²) in [6.45, 7) is 0.984. The minimum absolute atomic E-state index is 0.0802. The number of nitrogens with zero attached hydrogens (tertiary/aromatic N) is 2. The van der Waals surface area contributed by atoms with E-state index in [4.69, 9.17) is 27.9 Å². The number of aliphatic hydroxyl groups excluding tert-OH is 1. The van der Waals surface area contributed by atoms with Crippen molar-refractivity contribution in [2.45, 2.75) is 42.9 Å². The third-order valence-electron chi connectivity index (χ3n) is 6.93. The molecule has 2 bridgehead atoms. The SMILES string of the molecule is O=C(COc1ccc(Cl)c(C(F)(F)F)c1)NC12CC(N3CCN(c4ccc(Cl)cc4)C3O)(C1)C2. The van der Waals surface area contributed by atoms with E-state index in [1.807, 2.05) is 17.0 Å². The standard InChI is InChI=1S/C23H22Cl2F3N3O3/c24-14-1-3-15(4-2-14)30-7-8-31(20(30)33)22-11-21(12-22,13-22)29-19(32)10-34-16-5-6-18(25)17(9-16)23(26,27)28/h1-6,9,20,33H,7-8,10-13H2,(H,29,32). The van der Waals surface area contributed by atoms with Crippen LogP contribution < -0.4 is 15.0 Å². The minimum Gasteiger partial charge on any atom is -0.484 e. The number of anilines is 1. The van der Waals surface area contributed by atoms with Crippen molar-refractivity contribution >= 4 is 34.8 Å². The summed E-state index contributed by atoms with van der Waals surface area (Å²) in [6, 6.07) is 10.5. The number of hydrogen-bond acceptors (Lipinski definition) is 5. The molecule has 4 fully saturated rings. The average molecular weight is 516 g/mol. The zero-order chi connectivity index (χ0) is 24.3. The van der Waals surface area contributed by atoms with Gasteiger partial charge in [-0.05, 0) is 61.7 Å². The highest BCUT2D eigenvalue weighted by molar-refractivity contribution is 6.31. The van der Waals surface area contributed by atoms with Gasteiger partial charge in [-0.3, -0.25) is 9.69 Å². The smallest absolute Gasteiger partial charge is 0.417 e. The van der Waals surface area contributed by atoms with E-state index in [-0.39, 0.29) is 16.8 Å². The highest BCUT2D eigenvalue weighted by Gasteiger charge is 2.72. The first kappa shape index (κ1) is 23.5. The van der Waals surface area contributed by atoms with Crippen LogP contribution in [0.25, 0.3) is 0 Å². The van der Waals surface area contributed by atoms with Gasteiger partial charge in [0.2, 0.25) is 0 Å². The third-order valence-corrected chi connectivity index (χ3v) is 7.51. The van der Waals surface area contributed by atoms with Gasteiger partial charge < -0.3 is 20.1 Å². The first-order valence-electron chi connectivity index (χ1n) is 10.8. The van der Waals surface area contributed by atoms with E-state index in [1.54, 1.807) is 12.1 Å². The van der Waals surface area contributed by atoms with E-state index in [9.17, 15) is 23.1 Å². The van der Waals surface area contributed by atoms with Gasteiger partial charge in [0.15, 0.2) is 13.0 Å². The predicted octanol–water partition coefficient (Wildman–Crippen LogP) is 4.28. The fourth-order valence-corrected chi connectivity index (χ4v) is 5.81. The highest BCUT2D eigenvalue weighted by Crippen LogP contribution is 2.64. The van der Waals surface area contributed by atoms with Crippen LogP contribution in [0.15, 0.2) is 42.5 Å². The van der Waals surface area contributed by atoms with Crippen LogP contribution >= 0.6 is 23.2 Å². The third kappa shape index (κ3) is 4.08. The maximum Gasteiger partial charge on any atom is 0.417 e. The molecule has 0 aromatic heterocycles. The lowest BCUT2D eigenvalue weighted by Gasteiger charge is -2.73. The molecule has 2 aromatic carbocycles. The number of rotatable bonds is 6. The molecule has 34 heavy (non-hydrogen) atoms. The van der Waals surface area contributed by atoms with Crippen molar-refractivity contribution in [1.29, 1.82) is 0 Å². The number of nitrogens with one attached hydrogen (secondary N) is 1. The monoisotopic (exact) mass is 515 g/mol. The number of aliphatic hydroxyl groups is 1. The van der Waals surface area contributed by atoms with Crippen LogP contribution in [0.5, 0.6) is 5.75 Å². The Bertz CT molecular complexity index is 1090. The van der Waals surface area contributed by atoms with Crippen LogP contribution in [0.2, 0.25) is 10.0 Å². The summed E-state index contributed by atoms with van der Waals surface area (Å²) in [4.78, 5) is 16.4. The summed E-state index contributed by atoms with van der Waals surface area (Å²) in [5, 5.41) is 14.0. The van der Waals surface area contributed by atoms with Crippen LogP contribution in [0.1, 0.15) is 24.8 Å². The van der Waals surface area contributed by atoms with E-state index >= 15 is 0 Å². The maximum atomic E-state index is 13.0. The summed E-state index contributed by atoms with van der Waals surface area (Å²) in [5.41, 5.74) is -0.635.